The van der Waals surface area contributed by atoms with Gasteiger partial charge in [-0.15, -0.1) is 0 Å². The van der Waals surface area contributed by atoms with Crippen LogP contribution in [0.5, 0.6) is 0 Å². The van der Waals surface area contributed by atoms with Gasteiger partial charge in [-0.05, 0) is 17.2 Å². The minimum Gasteiger partial charge on any atom is -0.320 e. The van der Waals surface area contributed by atoms with Crippen molar-refractivity contribution in [2.24, 2.45) is 0 Å². The molecule has 0 radical (unpaired) electrons. The Morgan fingerprint density at radius 1 is 0.905 bits per heavy atom. The van der Waals surface area contributed by atoms with Gasteiger partial charge in [0.2, 0.25) is 5.56 Å². The van der Waals surface area contributed by atoms with Crippen molar-refractivity contribution in [3.05, 3.63) is 77.2 Å². The summed E-state index contributed by atoms with van der Waals surface area (Å²) in [6.07, 6.45) is 1.75. The lowest BCUT2D eigenvalue weighted by Gasteiger charge is -2.08. The highest BCUT2D eigenvalue weighted by molar-refractivity contribution is 6.07. The third-order valence-electron chi connectivity index (χ3n) is 3.67. The first kappa shape index (κ1) is 11.9. The van der Waals surface area contributed by atoms with E-state index in [1.807, 2.05) is 54.6 Å². The molecule has 21 heavy (non-hydrogen) atoms. The zero-order valence-corrected chi connectivity index (χ0v) is 11.2. The van der Waals surface area contributed by atoms with Crippen LogP contribution in [-0.4, -0.2) is 9.97 Å². The summed E-state index contributed by atoms with van der Waals surface area (Å²) in [5.41, 5.74) is 3.47. The van der Waals surface area contributed by atoms with Gasteiger partial charge < -0.3 is 4.98 Å². The van der Waals surface area contributed by atoms with Crippen molar-refractivity contribution in [3.8, 4) is 11.1 Å². The van der Waals surface area contributed by atoms with Gasteiger partial charge in [0, 0.05) is 23.0 Å². The number of hydrogen-bond donors (Lipinski definition) is 1. The van der Waals surface area contributed by atoms with Crippen molar-refractivity contribution in [3.63, 3.8) is 0 Å². The second-order valence-corrected chi connectivity index (χ2v) is 4.98. The first-order valence-corrected chi connectivity index (χ1v) is 6.79. The Morgan fingerprint density at radius 3 is 2.62 bits per heavy atom. The topological polar surface area (TPSA) is 45.8 Å². The Bertz CT molecular complexity index is 1000. The first-order chi connectivity index (χ1) is 10.3. The molecule has 0 unspecified atom stereocenters. The number of aromatic amines is 1. The summed E-state index contributed by atoms with van der Waals surface area (Å²) in [5, 5.41) is 2.03. The van der Waals surface area contributed by atoms with E-state index in [1.165, 1.54) is 0 Å². The zero-order chi connectivity index (χ0) is 14.2. The van der Waals surface area contributed by atoms with Crippen LogP contribution in [0.1, 0.15) is 0 Å². The van der Waals surface area contributed by atoms with Crippen molar-refractivity contribution < 1.29 is 0 Å². The molecular formula is C18H12N2O. The molecular weight excluding hydrogens is 260 g/mol. The van der Waals surface area contributed by atoms with Crippen LogP contribution in [-0.2, 0) is 0 Å². The highest BCUT2D eigenvalue weighted by atomic mass is 16.1. The van der Waals surface area contributed by atoms with Crippen molar-refractivity contribution in [1.29, 1.82) is 0 Å². The fourth-order valence-electron chi connectivity index (χ4n) is 2.72. The number of nitrogens with zero attached hydrogens (tertiary/aromatic N) is 1. The smallest absolute Gasteiger partial charge is 0.249 e. The van der Waals surface area contributed by atoms with Gasteiger partial charge in [-0.2, -0.15) is 0 Å². The predicted molar refractivity (Wildman–Crippen MR) is 85.3 cm³/mol. The summed E-state index contributed by atoms with van der Waals surface area (Å²) in [5.74, 6) is 0. The molecule has 0 fully saturated rings. The average Bonchev–Trinajstić information content (AvgIpc) is 2.55. The van der Waals surface area contributed by atoms with E-state index in [0.29, 0.717) is 0 Å². The maximum Gasteiger partial charge on any atom is 0.249 e. The lowest BCUT2D eigenvalue weighted by Crippen LogP contribution is -2.05. The summed E-state index contributed by atoms with van der Waals surface area (Å²) in [7, 11) is 0. The van der Waals surface area contributed by atoms with Crippen LogP contribution < -0.4 is 5.56 Å². The molecule has 4 rings (SSSR count). The second-order valence-electron chi connectivity index (χ2n) is 4.98. The Labute approximate surface area is 120 Å². The van der Waals surface area contributed by atoms with Crippen LogP contribution in [0.3, 0.4) is 0 Å². The van der Waals surface area contributed by atoms with Gasteiger partial charge in [-0.25, -0.2) is 0 Å². The fourth-order valence-corrected chi connectivity index (χ4v) is 2.72. The van der Waals surface area contributed by atoms with Crippen LogP contribution in [0, 0.1) is 0 Å². The minimum absolute atomic E-state index is 0.112. The van der Waals surface area contributed by atoms with Crippen molar-refractivity contribution >= 4 is 21.8 Å². The van der Waals surface area contributed by atoms with E-state index < -0.39 is 0 Å². The van der Waals surface area contributed by atoms with Crippen molar-refractivity contribution in [1.82, 2.24) is 9.97 Å². The molecule has 0 spiro atoms. The molecule has 2 aromatic carbocycles. The van der Waals surface area contributed by atoms with E-state index in [9.17, 15) is 4.79 Å². The third kappa shape index (κ3) is 1.91. The molecule has 0 aliphatic rings. The molecule has 2 heterocycles. The van der Waals surface area contributed by atoms with Gasteiger partial charge in [-0.1, -0.05) is 48.5 Å². The summed E-state index contributed by atoms with van der Waals surface area (Å²) in [4.78, 5) is 19.4. The largest absolute Gasteiger partial charge is 0.320 e. The third-order valence-corrected chi connectivity index (χ3v) is 3.67. The zero-order valence-electron chi connectivity index (χ0n) is 11.2. The van der Waals surface area contributed by atoms with Crippen molar-refractivity contribution in [2.45, 2.75) is 0 Å². The van der Waals surface area contributed by atoms with Gasteiger partial charge in [0.1, 0.15) is 0 Å². The number of benzene rings is 2. The standard InChI is InChI=1S/C18H12N2O/c21-16-11-15(12-5-2-1-3-6-12)14-9-8-13-7-4-10-19-17(13)18(14)20-16/h1-11H,(H,20,21). The molecule has 0 saturated heterocycles. The second kappa shape index (κ2) is 4.56. The molecule has 4 aromatic rings. The predicted octanol–water partition coefficient (Wildman–Crippen LogP) is 3.74. The van der Waals surface area contributed by atoms with Gasteiger partial charge in [0.05, 0.1) is 11.0 Å². The monoisotopic (exact) mass is 272 g/mol. The van der Waals surface area contributed by atoms with E-state index in [0.717, 1.165) is 32.9 Å². The molecule has 0 amide bonds. The van der Waals surface area contributed by atoms with E-state index in [4.69, 9.17) is 0 Å². The molecule has 2 aromatic heterocycles. The quantitative estimate of drug-likeness (QED) is 0.536. The number of H-pyrrole nitrogens is 1. The number of fused-ring (bicyclic) bond motifs is 3. The van der Waals surface area contributed by atoms with Crippen LogP contribution in [0.15, 0.2) is 71.7 Å². The van der Waals surface area contributed by atoms with Crippen LogP contribution in [0.4, 0.5) is 0 Å². The fraction of sp³-hybridized carbons (Fsp3) is 0. The van der Waals surface area contributed by atoms with Crippen molar-refractivity contribution in [2.75, 3.05) is 0 Å². The maximum absolute atomic E-state index is 12.0. The Balaban J connectivity index is 2.18. The highest BCUT2D eigenvalue weighted by Crippen LogP contribution is 2.29. The lowest BCUT2D eigenvalue weighted by molar-refractivity contribution is 1.30. The number of rotatable bonds is 1. The molecule has 0 atom stereocenters. The summed E-state index contributed by atoms with van der Waals surface area (Å²) < 4.78 is 0. The number of pyridine rings is 2. The first-order valence-electron chi connectivity index (χ1n) is 6.79. The molecule has 3 heteroatoms. The van der Waals surface area contributed by atoms with Gasteiger partial charge in [0.15, 0.2) is 0 Å². The summed E-state index contributed by atoms with van der Waals surface area (Å²) >= 11 is 0. The Morgan fingerprint density at radius 2 is 1.76 bits per heavy atom. The normalized spacial score (nSPS) is 11.0. The SMILES string of the molecule is O=c1cc(-c2ccccc2)c2ccc3cccnc3c2[nH]1. The van der Waals surface area contributed by atoms with Gasteiger partial charge in [0.25, 0.3) is 0 Å². The molecule has 1 N–H and O–H groups in total. The lowest BCUT2D eigenvalue weighted by atomic mass is 10.00. The van der Waals surface area contributed by atoms with Crippen LogP contribution in [0.2, 0.25) is 0 Å². The maximum atomic E-state index is 12.0. The average molecular weight is 272 g/mol. The number of nitrogens with one attached hydrogen (secondary N) is 1. The Kier molecular flexibility index (Phi) is 2.57. The van der Waals surface area contributed by atoms with Crippen LogP contribution >= 0.6 is 0 Å². The van der Waals surface area contributed by atoms with Gasteiger partial charge in [-0.3, -0.25) is 9.78 Å². The van der Waals surface area contributed by atoms with E-state index in [1.54, 1.807) is 12.3 Å². The summed E-state index contributed by atoms with van der Waals surface area (Å²) in [6, 6.07) is 19.6. The molecule has 0 aliphatic heterocycles. The minimum atomic E-state index is -0.112. The van der Waals surface area contributed by atoms with Gasteiger partial charge >= 0.3 is 0 Å². The molecule has 3 nitrogen and oxygen atoms in total. The Hall–Kier alpha value is -2.94. The number of aromatic nitrogens is 2. The molecule has 0 saturated carbocycles. The molecule has 100 valence electrons. The summed E-state index contributed by atoms with van der Waals surface area (Å²) in [6.45, 7) is 0. The van der Waals surface area contributed by atoms with E-state index >= 15 is 0 Å². The van der Waals surface area contributed by atoms with Crippen LogP contribution in [0.25, 0.3) is 32.9 Å². The highest BCUT2D eigenvalue weighted by Gasteiger charge is 2.09. The molecule has 0 bridgehead atoms. The molecule has 0 aliphatic carbocycles. The van der Waals surface area contributed by atoms with E-state index in [-0.39, 0.29) is 5.56 Å². The van der Waals surface area contributed by atoms with E-state index in [2.05, 4.69) is 9.97 Å². The number of hydrogen-bond acceptors (Lipinski definition) is 2.